The molecule has 21 heavy (non-hydrogen) atoms. The van der Waals surface area contributed by atoms with Crippen LogP contribution in [0, 0.1) is 0 Å². The second-order valence-corrected chi connectivity index (χ2v) is 5.86. The van der Waals surface area contributed by atoms with E-state index in [0.717, 1.165) is 21.9 Å². The molecular formula is C13H8N3O4P. The number of nitrogens with zero attached hydrogens (tertiary/aromatic N) is 3. The molecule has 0 saturated carbocycles. The Balaban J connectivity index is 1.85. The molecule has 1 heterocycles. The summed E-state index contributed by atoms with van der Waals surface area (Å²) < 4.78 is 15.5. The van der Waals surface area contributed by atoms with Crippen LogP contribution in [0.4, 0.5) is 5.69 Å². The lowest BCUT2D eigenvalue weighted by atomic mass is 10.0. The van der Waals surface area contributed by atoms with Gasteiger partial charge in [-0.25, -0.2) is 4.57 Å². The molecule has 0 aromatic heterocycles. The van der Waals surface area contributed by atoms with Crippen LogP contribution in [0.2, 0.25) is 0 Å². The molecule has 104 valence electrons. The predicted octanol–water partition coefficient (Wildman–Crippen LogP) is 1.60. The molecule has 2 N–H and O–H groups in total. The molecule has 8 heteroatoms. The average molecular weight is 301 g/mol. The molecule has 1 aliphatic heterocycles. The molecule has 0 unspecified atom stereocenters. The summed E-state index contributed by atoms with van der Waals surface area (Å²) in [5, 5.41) is 13.2. The third kappa shape index (κ3) is 2.08. The van der Waals surface area contributed by atoms with Gasteiger partial charge in [-0.15, -0.1) is 10.2 Å². The van der Waals surface area contributed by atoms with Crippen molar-refractivity contribution in [2.24, 2.45) is 15.4 Å². The SMILES string of the molecule is O=P(O)(O)Oc1ccc2c(c1)C=c1cc3c(cc1-2)=NN=N3. The monoisotopic (exact) mass is 301 g/mol. The van der Waals surface area contributed by atoms with Crippen LogP contribution in [0.5, 0.6) is 5.75 Å². The van der Waals surface area contributed by atoms with E-state index < -0.39 is 7.82 Å². The van der Waals surface area contributed by atoms with Crippen molar-refractivity contribution in [3.05, 3.63) is 46.5 Å². The van der Waals surface area contributed by atoms with Gasteiger partial charge in [0.05, 0.1) is 0 Å². The van der Waals surface area contributed by atoms with Gasteiger partial charge in [-0.05, 0) is 57.5 Å². The van der Waals surface area contributed by atoms with Crippen molar-refractivity contribution in [1.29, 1.82) is 0 Å². The highest BCUT2D eigenvalue weighted by atomic mass is 31.2. The molecule has 0 radical (unpaired) electrons. The Morgan fingerprint density at radius 2 is 1.95 bits per heavy atom. The lowest BCUT2D eigenvalue weighted by molar-refractivity contribution is 0.283. The average Bonchev–Trinajstić information content (AvgIpc) is 2.96. The van der Waals surface area contributed by atoms with E-state index in [1.54, 1.807) is 12.1 Å². The van der Waals surface area contributed by atoms with Gasteiger partial charge in [0, 0.05) is 0 Å². The molecule has 1 aliphatic carbocycles. The number of phosphoric ester groups is 1. The van der Waals surface area contributed by atoms with E-state index in [-0.39, 0.29) is 5.75 Å². The Hall–Kier alpha value is -2.34. The normalized spacial score (nSPS) is 14.0. The molecule has 0 spiro atoms. The predicted molar refractivity (Wildman–Crippen MR) is 73.4 cm³/mol. The molecule has 2 aliphatic rings. The maximum absolute atomic E-state index is 10.9. The molecule has 0 amide bonds. The third-order valence-electron chi connectivity index (χ3n) is 3.30. The van der Waals surface area contributed by atoms with Gasteiger partial charge >= 0.3 is 7.82 Å². The maximum Gasteiger partial charge on any atom is 0.524 e. The van der Waals surface area contributed by atoms with Crippen LogP contribution < -0.4 is 15.1 Å². The van der Waals surface area contributed by atoms with E-state index in [1.165, 1.54) is 6.07 Å². The van der Waals surface area contributed by atoms with Gasteiger partial charge in [-0.1, -0.05) is 6.07 Å². The Kier molecular flexibility index (Phi) is 2.41. The second kappa shape index (κ2) is 4.08. The highest BCUT2D eigenvalue weighted by Crippen LogP contribution is 2.39. The van der Waals surface area contributed by atoms with E-state index in [9.17, 15) is 4.57 Å². The molecular weight excluding hydrogens is 293 g/mol. The molecule has 0 saturated heterocycles. The Morgan fingerprint density at radius 1 is 1.10 bits per heavy atom. The molecule has 4 rings (SSSR count). The summed E-state index contributed by atoms with van der Waals surface area (Å²) >= 11 is 0. The summed E-state index contributed by atoms with van der Waals surface area (Å²) in [6.45, 7) is 0. The molecule has 0 fully saturated rings. The number of phosphoric acid groups is 1. The van der Waals surface area contributed by atoms with Gasteiger partial charge in [0.25, 0.3) is 0 Å². The first-order valence-corrected chi connectivity index (χ1v) is 7.57. The zero-order valence-corrected chi connectivity index (χ0v) is 11.4. The molecule has 0 bridgehead atoms. The minimum absolute atomic E-state index is 0.128. The van der Waals surface area contributed by atoms with Gasteiger partial charge < -0.3 is 4.52 Å². The standard InChI is InChI=1S/C13H8N3O4P/c17-21(18,19)20-9-1-2-10-7(4-9)3-8-5-12-13(6-11(8)10)15-16-14-12/h1-6H,(H2,17,18,19). The van der Waals surface area contributed by atoms with Crippen LogP contribution in [0.25, 0.3) is 17.2 Å². The van der Waals surface area contributed by atoms with E-state index in [2.05, 4.69) is 20.0 Å². The molecule has 0 atom stereocenters. The minimum Gasteiger partial charge on any atom is -0.404 e. The van der Waals surface area contributed by atoms with E-state index in [4.69, 9.17) is 9.79 Å². The summed E-state index contributed by atoms with van der Waals surface area (Å²) in [6.07, 6.45) is 1.91. The first-order valence-electron chi connectivity index (χ1n) is 6.04. The number of benzene rings is 2. The van der Waals surface area contributed by atoms with E-state index in [0.29, 0.717) is 11.0 Å². The fraction of sp³-hybridized carbons (Fsp3) is 0. The van der Waals surface area contributed by atoms with Crippen molar-refractivity contribution in [3.8, 4) is 16.9 Å². The first kappa shape index (κ1) is 12.4. The highest BCUT2D eigenvalue weighted by Gasteiger charge is 2.19. The van der Waals surface area contributed by atoms with Crippen LogP contribution in [-0.2, 0) is 4.57 Å². The fourth-order valence-electron chi connectivity index (χ4n) is 2.49. The Labute approximate surface area is 118 Å². The summed E-state index contributed by atoms with van der Waals surface area (Å²) in [6, 6.07) is 8.67. The second-order valence-electron chi connectivity index (χ2n) is 4.69. The lowest BCUT2D eigenvalue weighted by Gasteiger charge is -2.08. The van der Waals surface area contributed by atoms with E-state index >= 15 is 0 Å². The van der Waals surface area contributed by atoms with Crippen molar-refractivity contribution in [2.45, 2.75) is 0 Å². The van der Waals surface area contributed by atoms with Crippen LogP contribution in [0.3, 0.4) is 0 Å². The lowest BCUT2D eigenvalue weighted by Crippen LogP contribution is -2.08. The highest BCUT2D eigenvalue weighted by molar-refractivity contribution is 7.46. The van der Waals surface area contributed by atoms with Gasteiger partial charge in [-0.2, -0.15) is 0 Å². The zero-order valence-electron chi connectivity index (χ0n) is 10.5. The summed E-state index contributed by atoms with van der Waals surface area (Å²) in [7, 11) is -4.55. The molecule has 2 aromatic rings. The summed E-state index contributed by atoms with van der Waals surface area (Å²) in [5.74, 6) is 0.128. The maximum atomic E-state index is 10.9. The van der Waals surface area contributed by atoms with E-state index in [1.807, 2.05) is 18.2 Å². The zero-order chi connectivity index (χ0) is 14.6. The van der Waals surface area contributed by atoms with Crippen molar-refractivity contribution in [1.82, 2.24) is 0 Å². The van der Waals surface area contributed by atoms with Gasteiger partial charge in [0.2, 0.25) is 0 Å². The van der Waals surface area contributed by atoms with Crippen molar-refractivity contribution in [2.75, 3.05) is 0 Å². The largest absolute Gasteiger partial charge is 0.524 e. The van der Waals surface area contributed by atoms with Crippen LogP contribution in [0.15, 0.2) is 45.8 Å². The molecule has 2 aromatic carbocycles. The van der Waals surface area contributed by atoms with Crippen LogP contribution in [-0.4, -0.2) is 9.79 Å². The van der Waals surface area contributed by atoms with Crippen molar-refractivity contribution in [3.63, 3.8) is 0 Å². The Bertz CT molecular complexity index is 978. The van der Waals surface area contributed by atoms with Crippen LogP contribution in [0.1, 0.15) is 5.56 Å². The summed E-state index contributed by atoms with van der Waals surface area (Å²) in [5.41, 5.74) is 3.48. The number of rotatable bonds is 2. The quantitative estimate of drug-likeness (QED) is 0.701. The first-order chi connectivity index (χ1) is 9.99. The van der Waals surface area contributed by atoms with Crippen molar-refractivity contribution >= 4 is 19.6 Å². The topological polar surface area (TPSA) is 104 Å². The minimum atomic E-state index is -4.55. The fourth-order valence-corrected chi connectivity index (χ4v) is 2.88. The van der Waals surface area contributed by atoms with Crippen molar-refractivity contribution < 1.29 is 18.9 Å². The Morgan fingerprint density at radius 3 is 2.76 bits per heavy atom. The number of hydrogen-bond acceptors (Lipinski definition) is 5. The third-order valence-corrected chi connectivity index (χ3v) is 3.75. The van der Waals surface area contributed by atoms with Gasteiger partial charge in [0.15, 0.2) is 0 Å². The smallest absolute Gasteiger partial charge is 0.404 e. The molecule has 7 nitrogen and oxygen atoms in total. The van der Waals surface area contributed by atoms with Crippen LogP contribution >= 0.6 is 7.82 Å². The van der Waals surface area contributed by atoms with Gasteiger partial charge in [0.1, 0.15) is 16.8 Å². The van der Waals surface area contributed by atoms with Gasteiger partial charge in [-0.3, -0.25) is 9.79 Å². The number of fused-ring (bicyclic) bond motifs is 4. The number of hydrogen-bond donors (Lipinski definition) is 2. The summed E-state index contributed by atoms with van der Waals surface area (Å²) in [4.78, 5) is 17.7.